The number of rotatable bonds is 2. The molecule has 0 amide bonds. The third-order valence-corrected chi connectivity index (χ3v) is 6.20. The SMILES string of the molecule is NC(=S)c1ccc(N2CCC3(CCCCC3)CC2)cc1Br. The molecule has 4 heteroatoms. The van der Waals surface area contributed by atoms with E-state index < -0.39 is 0 Å². The Balaban J connectivity index is 1.69. The number of nitrogens with two attached hydrogens (primary N) is 1. The van der Waals surface area contributed by atoms with Crippen molar-refractivity contribution in [2.45, 2.75) is 44.9 Å². The molecule has 1 saturated carbocycles. The highest BCUT2D eigenvalue weighted by Crippen LogP contribution is 2.45. The first kappa shape index (κ1) is 15.3. The quantitative estimate of drug-likeness (QED) is 0.773. The molecule has 0 atom stereocenters. The van der Waals surface area contributed by atoms with Gasteiger partial charge in [-0.25, -0.2) is 0 Å². The summed E-state index contributed by atoms with van der Waals surface area (Å²) in [4.78, 5) is 2.96. The highest BCUT2D eigenvalue weighted by atomic mass is 79.9. The van der Waals surface area contributed by atoms with Gasteiger partial charge in [-0.2, -0.15) is 0 Å². The first-order valence-electron chi connectivity index (χ1n) is 7.94. The van der Waals surface area contributed by atoms with E-state index in [0.29, 0.717) is 10.4 Å². The Bertz CT molecular complexity index is 528. The van der Waals surface area contributed by atoms with E-state index in [4.69, 9.17) is 18.0 Å². The van der Waals surface area contributed by atoms with Gasteiger partial charge in [-0.15, -0.1) is 0 Å². The molecule has 2 aliphatic rings. The van der Waals surface area contributed by atoms with Crippen LogP contribution in [-0.4, -0.2) is 18.1 Å². The van der Waals surface area contributed by atoms with Crippen LogP contribution in [0.25, 0.3) is 0 Å². The zero-order chi connectivity index (χ0) is 14.9. The summed E-state index contributed by atoms with van der Waals surface area (Å²) in [6.45, 7) is 2.36. The molecule has 2 N–H and O–H groups in total. The van der Waals surface area contributed by atoms with Crippen LogP contribution in [0, 0.1) is 5.41 Å². The average Bonchev–Trinajstić information content (AvgIpc) is 2.48. The Morgan fingerprint density at radius 2 is 1.76 bits per heavy atom. The van der Waals surface area contributed by atoms with Crippen LogP contribution in [0.2, 0.25) is 0 Å². The Morgan fingerprint density at radius 3 is 2.33 bits per heavy atom. The number of nitrogens with zero attached hydrogens (tertiary/aromatic N) is 1. The van der Waals surface area contributed by atoms with Gasteiger partial charge in [-0.1, -0.05) is 31.5 Å². The maximum absolute atomic E-state index is 5.72. The predicted molar refractivity (Wildman–Crippen MR) is 97.0 cm³/mol. The maximum Gasteiger partial charge on any atom is 0.105 e. The first-order valence-corrected chi connectivity index (χ1v) is 9.14. The lowest BCUT2D eigenvalue weighted by molar-refractivity contribution is 0.144. The van der Waals surface area contributed by atoms with Gasteiger partial charge in [-0.3, -0.25) is 0 Å². The standard InChI is InChI=1S/C17H23BrN2S/c18-15-12-13(4-5-14(15)16(19)21)20-10-8-17(9-11-20)6-2-1-3-7-17/h4-5,12H,1-3,6-11H2,(H2,19,21). The van der Waals surface area contributed by atoms with Crippen LogP contribution in [-0.2, 0) is 0 Å². The molecule has 1 aliphatic heterocycles. The highest BCUT2D eigenvalue weighted by Gasteiger charge is 2.35. The summed E-state index contributed by atoms with van der Waals surface area (Å²) < 4.78 is 1.01. The fraction of sp³-hybridized carbons (Fsp3) is 0.588. The van der Waals surface area contributed by atoms with Gasteiger partial charge in [0.05, 0.1) is 0 Å². The van der Waals surface area contributed by atoms with Crippen LogP contribution in [0.5, 0.6) is 0 Å². The topological polar surface area (TPSA) is 29.3 Å². The smallest absolute Gasteiger partial charge is 0.105 e. The fourth-order valence-electron chi connectivity index (χ4n) is 3.94. The van der Waals surface area contributed by atoms with Gasteiger partial charge in [0, 0.05) is 28.8 Å². The minimum atomic E-state index is 0.452. The molecule has 1 saturated heterocycles. The summed E-state index contributed by atoms with van der Waals surface area (Å²) in [5.41, 5.74) is 8.59. The second-order valence-corrected chi connectivity index (χ2v) is 7.87. The first-order chi connectivity index (χ1) is 10.1. The van der Waals surface area contributed by atoms with E-state index in [1.54, 1.807) is 0 Å². The van der Waals surface area contributed by atoms with E-state index in [-0.39, 0.29) is 0 Å². The third kappa shape index (κ3) is 3.26. The second kappa shape index (κ2) is 6.25. The van der Waals surface area contributed by atoms with Crippen LogP contribution in [0.4, 0.5) is 5.69 Å². The maximum atomic E-state index is 5.72. The Morgan fingerprint density at radius 1 is 1.10 bits per heavy atom. The normalized spacial score (nSPS) is 21.5. The molecule has 0 bridgehead atoms. The molecule has 3 rings (SSSR count). The van der Waals surface area contributed by atoms with Gasteiger partial charge in [0.2, 0.25) is 0 Å². The van der Waals surface area contributed by atoms with E-state index in [1.807, 2.05) is 6.07 Å². The summed E-state index contributed by atoms with van der Waals surface area (Å²) in [5, 5.41) is 0. The van der Waals surface area contributed by atoms with E-state index >= 15 is 0 Å². The lowest BCUT2D eigenvalue weighted by Gasteiger charge is -2.45. The Labute approximate surface area is 141 Å². The molecule has 21 heavy (non-hydrogen) atoms. The van der Waals surface area contributed by atoms with Crippen molar-refractivity contribution in [3.63, 3.8) is 0 Å². The molecule has 1 aliphatic carbocycles. The van der Waals surface area contributed by atoms with E-state index in [2.05, 4.69) is 33.0 Å². The molecule has 114 valence electrons. The number of piperidine rings is 1. The summed E-state index contributed by atoms with van der Waals surface area (Å²) in [7, 11) is 0. The molecule has 0 aromatic heterocycles. The molecule has 1 aromatic carbocycles. The number of hydrogen-bond donors (Lipinski definition) is 1. The molecule has 1 spiro atoms. The van der Waals surface area contributed by atoms with Crippen molar-refractivity contribution in [1.82, 2.24) is 0 Å². The van der Waals surface area contributed by atoms with Crippen molar-refractivity contribution >= 4 is 38.8 Å². The van der Waals surface area contributed by atoms with Gasteiger partial charge in [-0.05, 0) is 65.2 Å². The van der Waals surface area contributed by atoms with Gasteiger partial charge >= 0.3 is 0 Å². The summed E-state index contributed by atoms with van der Waals surface area (Å²) in [6, 6.07) is 6.35. The van der Waals surface area contributed by atoms with Crippen LogP contribution < -0.4 is 10.6 Å². The number of halogens is 1. The average molecular weight is 367 g/mol. The largest absolute Gasteiger partial charge is 0.389 e. The molecule has 2 fully saturated rings. The minimum absolute atomic E-state index is 0.452. The second-order valence-electron chi connectivity index (χ2n) is 6.58. The molecule has 0 radical (unpaired) electrons. The zero-order valence-corrected chi connectivity index (χ0v) is 14.8. The number of anilines is 1. The minimum Gasteiger partial charge on any atom is -0.389 e. The Hall–Kier alpha value is -0.610. The lowest BCUT2D eigenvalue weighted by atomic mass is 9.68. The van der Waals surface area contributed by atoms with Crippen molar-refractivity contribution in [2.24, 2.45) is 11.1 Å². The molecule has 1 heterocycles. The molecular weight excluding hydrogens is 344 g/mol. The van der Waals surface area contributed by atoms with E-state index in [0.717, 1.165) is 10.0 Å². The van der Waals surface area contributed by atoms with E-state index in [9.17, 15) is 0 Å². The van der Waals surface area contributed by atoms with Crippen LogP contribution in [0.3, 0.4) is 0 Å². The Kier molecular flexibility index (Phi) is 4.55. The van der Waals surface area contributed by atoms with Crippen molar-refractivity contribution in [3.05, 3.63) is 28.2 Å². The number of thiocarbonyl (C=S) groups is 1. The number of benzene rings is 1. The highest BCUT2D eigenvalue weighted by molar-refractivity contribution is 9.10. The molecule has 2 nitrogen and oxygen atoms in total. The van der Waals surface area contributed by atoms with Crippen molar-refractivity contribution in [2.75, 3.05) is 18.0 Å². The third-order valence-electron chi connectivity index (χ3n) is 5.32. The zero-order valence-electron chi connectivity index (χ0n) is 12.4. The molecular formula is C17H23BrN2S. The van der Waals surface area contributed by atoms with Crippen LogP contribution >= 0.6 is 28.1 Å². The summed E-state index contributed by atoms with van der Waals surface area (Å²) in [5.74, 6) is 0. The van der Waals surface area contributed by atoms with Gasteiger partial charge in [0.1, 0.15) is 4.99 Å². The monoisotopic (exact) mass is 366 g/mol. The predicted octanol–water partition coefficient (Wildman–Crippen LogP) is 4.63. The number of hydrogen-bond acceptors (Lipinski definition) is 2. The van der Waals surface area contributed by atoms with Gasteiger partial charge < -0.3 is 10.6 Å². The lowest BCUT2D eigenvalue weighted by Crippen LogP contribution is -2.41. The molecule has 0 unspecified atom stereocenters. The van der Waals surface area contributed by atoms with Crippen molar-refractivity contribution in [1.29, 1.82) is 0 Å². The molecule has 1 aromatic rings. The summed E-state index contributed by atoms with van der Waals surface area (Å²) >= 11 is 8.65. The summed E-state index contributed by atoms with van der Waals surface area (Å²) in [6.07, 6.45) is 9.92. The van der Waals surface area contributed by atoms with Crippen molar-refractivity contribution < 1.29 is 0 Å². The van der Waals surface area contributed by atoms with Crippen LogP contribution in [0.15, 0.2) is 22.7 Å². The van der Waals surface area contributed by atoms with E-state index in [1.165, 1.54) is 63.7 Å². The fourth-order valence-corrected chi connectivity index (χ4v) is 4.83. The van der Waals surface area contributed by atoms with Gasteiger partial charge in [0.25, 0.3) is 0 Å². The van der Waals surface area contributed by atoms with Crippen LogP contribution in [0.1, 0.15) is 50.5 Å². The van der Waals surface area contributed by atoms with Gasteiger partial charge in [0.15, 0.2) is 0 Å². The van der Waals surface area contributed by atoms with Crippen molar-refractivity contribution in [3.8, 4) is 0 Å².